The van der Waals surface area contributed by atoms with Gasteiger partial charge < -0.3 is 24.8 Å². The van der Waals surface area contributed by atoms with Crippen molar-refractivity contribution in [3.8, 4) is 5.75 Å². The number of nitrogens with zero attached hydrogens (tertiary/aromatic N) is 5. The maximum atomic E-state index is 11.1. The SMILES string of the molecule is COc1ccc(COC(C)N2CCN(c3cc(Nc4ncc(C(=O)O)s4)nc(C)n3)CC2)cc1. The van der Waals surface area contributed by atoms with Crippen molar-refractivity contribution >= 4 is 34.1 Å². The summed E-state index contributed by atoms with van der Waals surface area (Å²) in [5.74, 6) is 1.89. The number of hydrogen-bond acceptors (Lipinski definition) is 10. The van der Waals surface area contributed by atoms with Gasteiger partial charge in [-0.1, -0.05) is 23.5 Å². The molecule has 0 bridgehead atoms. The molecule has 3 aromatic rings. The highest BCUT2D eigenvalue weighted by Gasteiger charge is 2.23. The number of carboxylic acid groups (broad SMARTS) is 1. The fraction of sp³-hybridized carbons (Fsp3) is 0.391. The van der Waals surface area contributed by atoms with E-state index in [0.29, 0.717) is 23.4 Å². The van der Waals surface area contributed by atoms with Gasteiger partial charge in [-0.3, -0.25) is 4.90 Å². The van der Waals surface area contributed by atoms with Crippen molar-refractivity contribution in [3.05, 3.63) is 52.8 Å². The van der Waals surface area contributed by atoms with Crippen LogP contribution in [0.15, 0.2) is 36.5 Å². The Bertz CT molecular complexity index is 1110. The molecule has 1 aromatic carbocycles. The number of methoxy groups -OCH3 is 1. The molecule has 1 aliphatic rings. The molecule has 10 nitrogen and oxygen atoms in total. The largest absolute Gasteiger partial charge is 0.497 e. The summed E-state index contributed by atoms with van der Waals surface area (Å²) in [6, 6.07) is 9.78. The van der Waals surface area contributed by atoms with Crippen LogP contribution in [0, 0.1) is 6.92 Å². The molecule has 0 amide bonds. The van der Waals surface area contributed by atoms with Crippen molar-refractivity contribution in [3.63, 3.8) is 0 Å². The van der Waals surface area contributed by atoms with Gasteiger partial charge in [0.05, 0.1) is 19.9 Å². The second-order valence-electron chi connectivity index (χ2n) is 7.90. The lowest BCUT2D eigenvalue weighted by atomic mass is 10.2. The average Bonchev–Trinajstić information content (AvgIpc) is 3.31. The number of nitrogens with one attached hydrogen (secondary N) is 1. The van der Waals surface area contributed by atoms with E-state index in [1.807, 2.05) is 37.3 Å². The molecule has 180 valence electrons. The van der Waals surface area contributed by atoms with Gasteiger partial charge in [0.15, 0.2) is 5.13 Å². The average molecular weight is 485 g/mol. The number of carboxylic acids is 1. The number of anilines is 3. The number of rotatable bonds is 9. The van der Waals surface area contributed by atoms with Crippen molar-refractivity contribution < 1.29 is 19.4 Å². The maximum absolute atomic E-state index is 11.1. The first kappa shape index (κ1) is 23.9. The Morgan fingerprint density at radius 1 is 1.21 bits per heavy atom. The summed E-state index contributed by atoms with van der Waals surface area (Å²) in [5, 5.41) is 12.7. The molecule has 0 radical (unpaired) electrons. The smallest absolute Gasteiger partial charge is 0.347 e. The Kier molecular flexibility index (Phi) is 7.56. The molecule has 1 atom stereocenters. The zero-order chi connectivity index (χ0) is 24.1. The Balaban J connectivity index is 1.31. The molecule has 1 unspecified atom stereocenters. The Labute approximate surface area is 202 Å². The van der Waals surface area contributed by atoms with Crippen LogP contribution in [-0.4, -0.2) is 70.4 Å². The quantitative estimate of drug-likeness (QED) is 0.469. The van der Waals surface area contributed by atoms with Gasteiger partial charge in [0.2, 0.25) is 0 Å². The lowest BCUT2D eigenvalue weighted by molar-refractivity contribution is -0.0585. The van der Waals surface area contributed by atoms with Crippen molar-refractivity contribution in [1.82, 2.24) is 19.9 Å². The van der Waals surface area contributed by atoms with E-state index in [1.54, 1.807) is 7.11 Å². The van der Waals surface area contributed by atoms with E-state index in [-0.39, 0.29) is 11.1 Å². The highest BCUT2D eigenvalue weighted by molar-refractivity contribution is 7.17. The van der Waals surface area contributed by atoms with E-state index >= 15 is 0 Å². The molecule has 1 fully saturated rings. The highest BCUT2D eigenvalue weighted by atomic mass is 32.1. The van der Waals surface area contributed by atoms with E-state index in [0.717, 1.165) is 54.6 Å². The van der Waals surface area contributed by atoms with Gasteiger partial charge in [-0.2, -0.15) is 0 Å². The predicted molar refractivity (Wildman–Crippen MR) is 130 cm³/mol. The van der Waals surface area contributed by atoms with Gasteiger partial charge in [0, 0.05) is 32.2 Å². The van der Waals surface area contributed by atoms with E-state index in [1.165, 1.54) is 6.20 Å². The standard InChI is InChI=1S/C23H28N6O4S/c1-15-25-20(27-23-24-13-19(34-23)22(30)31)12-21(26-15)29-10-8-28(9-11-29)16(2)33-14-17-4-6-18(32-3)7-5-17/h4-7,12-13,16H,8-11,14H2,1-3H3,(H,30,31)(H,24,25,26,27). The van der Waals surface area contributed by atoms with Crippen LogP contribution in [0.4, 0.5) is 16.8 Å². The Hall–Kier alpha value is -3.28. The van der Waals surface area contributed by atoms with Gasteiger partial charge in [-0.15, -0.1) is 0 Å². The first-order valence-corrected chi connectivity index (χ1v) is 11.8. The number of aromatic nitrogens is 3. The molecule has 1 saturated heterocycles. The maximum Gasteiger partial charge on any atom is 0.347 e. The minimum absolute atomic E-state index is 0.00180. The normalized spacial score (nSPS) is 15.2. The first-order chi connectivity index (χ1) is 16.4. The van der Waals surface area contributed by atoms with E-state index in [4.69, 9.17) is 14.6 Å². The molecule has 2 N–H and O–H groups in total. The number of piperazine rings is 1. The Morgan fingerprint density at radius 2 is 1.94 bits per heavy atom. The van der Waals surface area contributed by atoms with Crippen molar-refractivity contribution in [2.45, 2.75) is 26.7 Å². The summed E-state index contributed by atoms with van der Waals surface area (Å²) < 4.78 is 11.3. The molecule has 4 rings (SSSR count). The molecule has 34 heavy (non-hydrogen) atoms. The monoisotopic (exact) mass is 484 g/mol. The molecule has 2 aromatic heterocycles. The van der Waals surface area contributed by atoms with E-state index in [2.05, 4.69) is 37.0 Å². The second-order valence-corrected chi connectivity index (χ2v) is 8.93. The van der Waals surface area contributed by atoms with Crippen LogP contribution >= 0.6 is 11.3 Å². The third-order valence-electron chi connectivity index (χ3n) is 5.58. The summed E-state index contributed by atoms with van der Waals surface area (Å²) in [5.41, 5.74) is 1.11. The second kappa shape index (κ2) is 10.8. The van der Waals surface area contributed by atoms with Crippen LogP contribution in [-0.2, 0) is 11.3 Å². The number of benzene rings is 1. The molecule has 0 spiro atoms. The minimum Gasteiger partial charge on any atom is -0.497 e. The number of ether oxygens (including phenoxy) is 2. The van der Waals surface area contributed by atoms with Crippen LogP contribution in [0.25, 0.3) is 0 Å². The summed E-state index contributed by atoms with van der Waals surface area (Å²) >= 11 is 1.07. The van der Waals surface area contributed by atoms with Crippen LogP contribution in [0.2, 0.25) is 0 Å². The van der Waals surface area contributed by atoms with Crippen LogP contribution < -0.4 is 15.0 Å². The van der Waals surface area contributed by atoms with Gasteiger partial charge in [0.25, 0.3) is 0 Å². The zero-order valence-electron chi connectivity index (χ0n) is 19.4. The van der Waals surface area contributed by atoms with Gasteiger partial charge in [-0.05, 0) is 31.5 Å². The third-order valence-corrected chi connectivity index (χ3v) is 6.48. The minimum atomic E-state index is -0.995. The van der Waals surface area contributed by atoms with Gasteiger partial charge in [0.1, 0.15) is 34.3 Å². The molecular formula is C23H28N6O4S. The van der Waals surface area contributed by atoms with Crippen LogP contribution in [0.3, 0.4) is 0 Å². The molecule has 1 aliphatic heterocycles. The summed E-state index contributed by atoms with van der Waals surface area (Å²) in [6.45, 7) is 7.79. The molecule has 0 saturated carbocycles. The fourth-order valence-corrected chi connectivity index (χ4v) is 4.34. The fourth-order valence-electron chi connectivity index (χ4n) is 3.68. The van der Waals surface area contributed by atoms with Crippen molar-refractivity contribution in [2.75, 3.05) is 43.5 Å². The lowest BCUT2D eigenvalue weighted by Gasteiger charge is -2.38. The number of hydrogen-bond donors (Lipinski definition) is 2. The molecular weight excluding hydrogens is 456 g/mol. The molecule has 0 aliphatic carbocycles. The van der Waals surface area contributed by atoms with Gasteiger partial charge in [-0.25, -0.2) is 19.7 Å². The number of aromatic carboxylic acids is 1. The number of carbonyl (C=O) groups is 1. The topological polar surface area (TPSA) is 113 Å². The van der Waals surface area contributed by atoms with Crippen LogP contribution in [0.5, 0.6) is 5.75 Å². The van der Waals surface area contributed by atoms with E-state index < -0.39 is 5.97 Å². The van der Waals surface area contributed by atoms with Crippen LogP contribution in [0.1, 0.15) is 28.0 Å². The number of aryl methyl sites for hydroxylation is 1. The zero-order valence-corrected chi connectivity index (χ0v) is 20.2. The first-order valence-electron chi connectivity index (χ1n) is 11.0. The Morgan fingerprint density at radius 3 is 2.59 bits per heavy atom. The summed E-state index contributed by atoms with van der Waals surface area (Å²) in [4.78, 5) is 28.9. The molecule has 11 heteroatoms. The summed E-state index contributed by atoms with van der Waals surface area (Å²) in [7, 11) is 1.66. The summed E-state index contributed by atoms with van der Waals surface area (Å²) in [6.07, 6.45) is 1.34. The predicted octanol–water partition coefficient (Wildman–Crippen LogP) is 3.38. The van der Waals surface area contributed by atoms with E-state index in [9.17, 15) is 4.79 Å². The highest BCUT2D eigenvalue weighted by Crippen LogP contribution is 2.25. The van der Waals surface area contributed by atoms with Gasteiger partial charge >= 0.3 is 5.97 Å². The number of thiazole rings is 1. The molecule has 3 heterocycles. The van der Waals surface area contributed by atoms with Crippen molar-refractivity contribution in [1.29, 1.82) is 0 Å². The lowest BCUT2D eigenvalue weighted by Crippen LogP contribution is -2.50. The van der Waals surface area contributed by atoms with Crippen molar-refractivity contribution in [2.24, 2.45) is 0 Å². The third kappa shape index (κ3) is 5.99.